The summed E-state index contributed by atoms with van der Waals surface area (Å²) >= 11 is 3.20. The summed E-state index contributed by atoms with van der Waals surface area (Å²) in [7, 11) is 0. The fourth-order valence-corrected chi connectivity index (χ4v) is 5.03. The number of para-hydroxylation sites is 1. The first-order valence-corrected chi connectivity index (χ1v) is 8.65. The molecule has 1 saturated heterocycles. The molecule has 5 nitrogen and oxygen atoms in total. The molecule has 1 aromatic carbocycles. The zero-order valence-electron chi connectivity index (χ0n) is 11.4. The number of nitrogens with zero attached hydrogens (tertiary/aromatic N) is 1. The normalized spacial score (nSPS) is 32.1. The third-order valence-electron chi connectivity index (χ3n) is 3.64. The summed E-state index contributed by atoms with van der Waals surface area (Å²) in [6.07, 6.45) is 0. The summed E-state index contributed by atoms with van der Waals surface area (Å²) < 4.78 is 0. The summed E-state index contributed by atoms with van der Waals surface area (Å²) in [4.78, 5) is 15.9. The molecule has 1 fully saturated rings. The number of hydrogen-bond acceptors (Lipinski definition) is 6. The number of phenolic OH excluding ortho intramolecular Hbond substituents is 1. The van der Waals surface area contributed by atoms with Crippen LogP contribution in [0.2, 0.25) is 0 Å². The van der Waals surface area contributed by atoms with Crippen molar-refractivity contribution in [3.63, 3.8) is 0 Å². The third kappa shape index (κ3) is 2.77. The van der Waals surface area contributed by atoms with E-state index in [1.807, 2.05) is 12.1 Å². The summed E-state index contributed by atoms with van der Waals surface area (Å²) in [6, 6.07) is 7.17. The molecule has 3 N–H and O–H groups in total. The highest BCUT2D eigenvalue weighted by molar-refractivity contribution is 8.14. The first-order chi connectivity index (χ1) is 9.99. The van der Waals surface area contributed by atoms with E-state index in [4.69, 9.17) is 0 Å². The molecule has 7 heteroatoms. The molecule has 0 unspecified atom stereocenters. The Kier molecular flexibility index (Phi) is 3.90. The molecule has 0 aromatic heterocycles. The van der Waals surface area contributed by atoms with E-state index in [-0.39, 0.29) is 17.2 Å². The smallest absolute Gasteiger partial charge is 0.324 e. The Labute approximate surface area is 131 Å². The number of nitrogens with one attached hydrogen (secondary N) is 1. The molecule has 112 valence electrons. The van der Waals surface area contributed by atoms with Gasteiger partial charge in [0.15, 0.2) is 0 Å². The lowest BCUT2D eigenvalue weighted by Gasteiger charge is -2.21. The minimum atomic E-state index is -0.882. The van der Waals surface area contributed by atoms with Crippen LogP contribution in [-0.4, -0.2) is 49.7 Å². The maximum atomic E-state index is 11.3. The Hall–Kier alpha value is -1.18. The van der Waals surface area contributed by atoms with Gasteiger partial charge < -0.3 is 10.2 Å². The average molecular weight is 324 g/mol. The lowest BCUT2D eigenvalue weighted by Crippen LogP contribution is -2.51. The Balaban J connectivity index is 1.76. The van der Waals surface area contributed by atoms with Crippen LogP contribution < -0.4 is 5.32 Å². The van der Waals surface area contributed by atoms with Crippen molar-refractivity contribution in [3.05, 3.63) is 29.8 Å². The topological polar surface area (TPSA) is 81.9 Å². The van der Waals surface area contributed by atoms with Crippen LogP contribution in [0.5, 0.6) is 5.75 Å². The molecule has 1 aromatic rings. The molecule has 0 saturated carbocycles. The molecular weight excluding hydrogens is 308 g/mol. The number of carboxylic acid groups (broad SMARTS) is 1. The number of phenols is 1. The molecule has 3 rings (SSSR count). The van der Waals surface area contributed by atoms with Gasteiger partial charge in [0.1, 0.15) is 16.3 Å². The Morgan fingerprint density at radius 2 is 2.24 bits per heavy atom. The second-order valence-corrected chi connectivity index (χ2v) is 7.48. The fourth-order valence-electron chi connectivity index (χ4n) is 2.33. The zero-order valence-corrected chi connectivity index (χ0v) is 13.1. The van der Waals surface area contributed by atoms with Crippen LogP contribution in [0.3, 0.4) is 0 Å². The van der Waals surface area contributed by atoms with E-state index in [9.17, 15) is 15.0 Å². The minimum Gasteiger partial charge on any atom is -0.507 e. The number of aliphatic carboxylic acids is 1. The maximum Gasteiger partial charge on any atom is 0.324 e. The highest BCUT2D eigenvalue weighted by Crippen LogP contribution is 2.36. The lowest BCUT2D eigenvalue weighted by atomic mass is 10.1. The monoisotopic (exact) mass is 324 g/mol. The standard InChI is InChI=1S/C14H16N2O3S2/c1-14(13(18)19)7-21-12(16-14)9-6-20-11(15-9)8-4-2-3-5-10(8)17/h2-5,9,12,16-17H,6-7H2,1H3,(H,18,19)/t9-,12+,14+/m0/s1. The summed E-state index contributed by atoms with van der Waals surface area (Å²) in [6.45, 7) is 1.71. The molecule has 0 amide bonds. The largest absolute Gasteiger partial charge is 0.507 e. The Bertz CT molecular complexity index is 608. The van der Waals surface area contributed by atoms with Crippen molar-refractivity contribution in [2.24, 2.45) is 4.99 Å². The van der Waals surface area contributed by atoms with Gasteiger partial charge in [0, 0.05) is 17.1 Å². The van der Waals surface area contributed by atoms with E-state index in [0.29, 0.717) is 5.75 Å². The number of carboxylic acids is 1. The second kappa shape index (κ2) is 5.55. The van der Waals surface area contributed by atoms with Crippen LogP contribution in [0, 0.1) is 0 Å². The molecule has 0 bridgehead atoms. The van der Waals surface area contributed by atoms with Crippen LogP contribution >= 0.6 is 23.5 Å². The molecule has 0 aliphatic carbocycles. The number of aromatic hydroxyl groups is 1. The van der Waals surface area contributed by atoms with Crippen molar-refractivity contribution in [1.29, 1.82) is 0 Å². The van der Waals surface area contributed by atoms with Gasteiger partial charge >= 0.3 is 5.97 Å². The molecule has 21 heavy (non-hydrogen) atoms. The summed E-state index contributed by atoms with van der Waals surface area (Å²) in [5.74, 6) is 0.736. The number of aliphatic imine (C=N–C) groups is 1. The molecule has 2 aliphatic heterocycles. The first kappa shape index (κ1) is 14.7. The summed E-state index contributed by atoms with van der Waals surface area (Å²) in [5.41, 5.74) is -0.137. The van der Waals surface area contributed by atoms with Crippen molar-refractivity contribution < 1.29 is 15.0 Å². The van der Waals surface area contributed by atoms with Gasteiger partial charge in [-0.25, -0.2) is 0 Å². The van der Waals surface area contributed by atoms with Crippen LogP contribution in [0.4, 0.5) is 0 Å². The fraction of sp³-hybridized carbons (Fsp3) is 0.429. The predicted molar refractivity (Wildman–Crippen MR) is 86.3 cm³/mol. The van der Waals surface area contributed by atoms with Crippen molar-refractivity contribution in [1.82, 2.24) is 5.32 Å². The van der Waals surface area contributed by atoms with Gasteiger partial charge in [-0.2, -0.15) is 0 Å². The highest BCUT2D eigenvalue weighted by atomic mass is 32.2. The minimum absolute atomic E-state index is 0.00181. The first-order valence-electron chi connectivity index (χ1n) is 6.61. The van der Waals surface area contributed by atoms with Gasteiger partial charge in [0.2, 0.25) is 0 Å². The van der Waals surface area contributed by atoms with Gasteiger partial charge in [-0.15, -0.1) is 23.5 Å². The van der Waals surface area contributed by atoms with Crippen molar-refractivity contribution in [3.8, 4) is 5.75 Å². The van der Waals surface area contributed by atoms with E-state index in [0.717, 1.165) is 16.4 Å². The van der Waals surface area contributed by atoms with E-state index >= 15 is 0 Å². The average Bonchev–Trinajstić information content (AvgIpc) is 3.07. The lowest BCUT2D eigenvalue weighted by molar-refractivity contribution is -0.142. The Morgan fingerprint density at radius 3 is 2.90 bits per heavy atom. The van der Waals surface area contributed by atoms with Crippen molar-refractivity contribution >= 4 is 34.5 Å². The van der Waals surface area contributed by atoms with Gasteiger partial charge in [0.05, 0.1) is 11.4 Å². The van der Waals surface area contributed by atoms with E-state index in [1.165, 1.54) is 0 Å². The van der Waals surface area contributed by atoms with Gasteiger partial charge in [-0.05, 0) is 19.1 Å². The van der Waals surface area contributed by atoms with Crippen LogP contribution in [0.25, 0.3) is 0 Å². The SMILES string of the molecule is C[C@]1(C(=O)O)CS[C@H]([C@@H]2CSC(c3ccccc3O)=N2)N1. The summed E-state index contributed by atoms with van der Waals surface area (Å²) in [5, 5.41) is 23.1. The number of carbonyl (C=O) groups is 1. The molecular formula is C14H16N2O3S2. The maximum absolute atomic E-state index is 11.3. The van der Waals surface area contributed by atoms with E-state index < -0.39 is 11.5 Å². The number of rotatable bonds is 3. The second-order valence-electron chi connectivity index (χ2n) is 5.34. The molecule has 2 aliphatic rings. The van der Waals surface area contributed by atoms with Crippen molar-refractivity contribution in [2.75, 3.05) is 11.5 Å². The number of hydrogen-bond donors (Lipinski definition) is 3. The number of benzene rings is 1. The van der Waals surface area contributed by atoms with Gasteiger partial charge in [-0.1, -0.05) is 12.1 Å². The van der Waals surface area contributed by atoms with E-state index in [2.05, 4.69) is 10.3 Å². The molecule has 0 radical (unpaired) electrons. The quantitative estimate of drug-likeness (QED) is 0.786. The highest BCUT2D eigenvalue weighted by Gasteiger charge is 2.45. The predicted octanol–water partition coefficient (Wildman–Crippen LogP) is 1.76. The zero-order chi connectivity index (χ0) is 15.0. The number of thioether (sulfide) groups is 2. The van der Waals surface area contributed by atoms with Gasteiger partial charge in [-0.3, -0.25) is 15.1 Å². The molecule has 3 atom stereocenters. The van der Waals surface area contributed by atoms with Gasteiger partial charge in [0.25, 0.3) is 0 Å². The van der Waals surface area contributed by atoms with E-state index in [1.54, 1.807) is 42.6 Å². The van der Waals surface area contributed by atoms with Crippen LogP contribution in [0.15, 0.2) is 29.3 Å². The molecule has 2 heterocycles. The Morgan fingerprint density at radius 1 is 1.48 bits per heavy atom. The molecule has 0 spiro atoms. The third-order valence-corrected chi connectivity index (χ3v) is 6.28. The van der Waals surface area contributed by atoms with Crippen molar-refractivity contribution in [2.45, 2.75) is 23.9 Å². The van der Waals surface area contributed by atoms with Crippen LogP contribution in [0.1, 0.15) is 12.5 Å². The van der Waals surface area contributed by atoms with Crippen LogP contribution in [-0.2, 0) is 4.79 Å².